The van der Waals surface area contributed by atoms with Crippen molar-refractivity contribution in [2.45, 2.75) is 123 Å². The van der Waals surface area contributed by atoms with Gasteiger partial charge in [-0.3, -0.25) is 9.59 Å². The van der Waals surface area contributed by atoms with E-state index in [2.05, 4.69) is 32.2 Å². The average Bonchev–Trinajstić information content (AvgIpc) is 3.25. The van der Waals surface area contributed by atoms with E-state index in [1.54, 1.807) is 10.5 Å². The van der Waals surface area contributed by atoms with Crippen molar-refractivity contribution in [1.29, 1.82) is 0 Å². The molecule has 0 spiro atoms. The van der Waals surface area contributed by atoms with Gasteiger partial charge in [0.1, 0.15) is 0 Å². The van der Waals surface area contributed by atoms with E-state index in [1.165, 1.54) is 32.1 Å². The molecule has 0 radical (unpaired) electrons. The normalized spacial score (nSPS) is 43.2. The van der Waals surface area contributed by atoms with Gasteiger partial charge in [-0.2, -0.15) is 0 Å². The number of rotatable bonds is 6. The Balaban J connectivity index is 1.13. The molecule has 5 aliphatic rings. The molecule has 0 aliphatic heterocycles. The van der Waals surface area contributed by atoms with Crippen LogP contribution in [0.4, 0.5) is 0 Å². The van der Waals surface area contributed by atoms with Crippen LogP contribution in [0, 0.1) is 46.3 Å². The van der Waals surface area contributed by atoms with Crippen LogP contribution in [0.25, 0.3) is 0 Å². The largest absolute Gasteiger partial charge is 0.393 e. The maximum absolute atomic E-state index is 12.9. The third-order valence-electron chi connectivity index (χ3n) is 12.5. The monoisotopic (exact) mass is 526 g/mol. The number of carbonyl (C=O) groups is 2. The molecule has 0 aromatic heterocycles. The maximum atomic E-state index is 12.9. The average molecular weight is 527 g/mol. The molecule has 0 bridgehead atoms. The summed E-state index contributed by atoms with van der Waals surface area (Å²) in [7, 11) is 3.67. The van der Waals surface area contributed by atoms with Crippen molar-refractivity contribution in [3.63, 3.8) is 0 Å². The van der Waals surface area contributed by atoms with Crippen molar-refractivity contribution in [2.75, 3.05) is 14.1 Å². The van der Waals surface area contributed by atoms with E-state index in [9.17, 15) is 14.7 Å². The van der Waals surface area contributed by atoms with Gasteiger partial charge in [-0.15, -0.1) is 0 Å². The summed E-state index contributed by atoms with van der Waals surface area (Å²) in [5, 5.41) is 13.6. The predicted molar refractivity (Wildman–Crippen MR) is 152 cm³/mol. The molecular weight excluding hydrogens is 472 g/mol. The van der Waals surface area contributed by atoms with Crippen LogP contribution in [0.15, 0.2) is 11.6 Å². The molecule has 4 fully saturated rings. The molecule has 38 heavy (non-hydrogen) atoms. The quantitative estimate of drug-likeness (QED) is 0.411. The van der Waals surface area contributed by atoms with Crippen LogP contribution in [0.1, 0.15) is 111 Å². The third-order valence-corrected chi connectivity index (χ3v) is 12.5. The number of hydrogen-bond donors (Lipinski definition) is 2. The van der Waals surface area contributed by atoms with Crippen LogP contribution >= 0.6 is 0 Å². The number of nitrogens with one attached hydrogen (secondary N) is 1. The SMILES string of the molecule is C[C@H](CCC(=O)N[C@H]1CC[C@@H](C(=O)N(C)C)CC1)[C@H]1CC[C@H]2[C@@H]3CC=C4C[C@@H](O)CC[C@]4(C)[C@H]3CC[C@]12C. The zero-order chi connectivity index (χ0) is 27.2. The van der Waals surface area contributed by atoms with Gasteiger partial charge in [0, 0.05) is 32.5 Å². The summed E-state index contributed by atoms with van der Waals surface area (Å²) in [6.07, 6.45) is 17.2. The lowest BCUT2D eigenvalue weighted by molar-refractivity contribution is -0.134. The second-order valence-electron chi connectivity index (χ2n) is 14.7. The van der Waals surface area contributed by atoms with Crippen LogP contribution in [0.5, 0.6) is 0 Å². The predicted octanol–water partition coefficient (Wildman–Crippen LogP) is 6.11. The van der Waals surface area contributed by atoms with Gasteiger partial charge in [-0.05, 0) is 124 Å². The second-order valence-corrected chi connectivity index (χ2v) is 14.7. The van der Waals surface area contributed by atoms with Gasteiger partial charge in [0.2, 0.25) is 11.8 Å². The minimum absolute atomic E-state index is 0.128. The molecule has 5 nitrogen and oxygen atoms in total. The molecule has 0 aromatic carbocycles. The Morgan fingerprint density at radius 1 is 1.03 bits per heavy atom. The van der Waals surface area contributed by atoms with Gasteiger partial charge in [0.05, 0.1) is 6.10 Å². The fourth-order valence-corrected chi connectivity index (χ4v) is 10.3. The molecule has 0 aromatic rings. The highest BCUT2D eigenvalue weighted by Gasteiger charge is 2.59. The summed E-state index contributed by atoms with van der Waals surface area (Å²) in [6, 6.07) is 0.235. The molecule has 4 saturated carbocycles. The van der Waals surface area contributed by atoms with E-state index in [4.69, 9.17) is 0 Å². The van der Waals surface area contributed by atoms with Gasteiger partial charge in [0.25, 0.3) is 0 Å². The van der Waals surface area contributed by atoms with E-state index in [0.29, 0.717) is 23.2 Å². The number of aliphatic hydroxyl groups is 1. The first-order chi connectivity index (χ1) is 18.0. The Bertz CT molecular complexity index is 921. The van der Waals surface area contributed by atoms with Crippen molar-refractivity contribution in [3.8, 4) is 0 Å². The van der Waals surface area contributed by atoms with Crippen LogP contribution in [0.3, 0.4) is 0 Å². The van der Waals surface area contributed by atoms with Gasteiger partial charge in [-0.1, -0.05) is 32.4 Å². The Hall–Kier alpha value is -1.36. The van der Waals surface area contributed by atoms with Gasteiger partial charge in [0.15, 0.2) is 0 Å². The number of hydrogen-bond acceptors (Lipinski definition) is 3. The summed E-state index contributed by atoms with van der Waals surface area (Å²) in [5.41, 5.74) is 2.28. The van der Waals surface area contributed by atoms with Gasteiger partial charge < -0.3 is 15.3 Å². The maximum Gasteiger partial charge on any atom is 0.225 e. The highest BCUT2D eigenvalue weighted by atomic mass is 16.3. The van der Waals surface area contributed by atoms with Crippen LogP contribution in [0.2, 0.25) is 0 Å². The smallest absolute Gasteiger partial charge is 0.225 e. The lowest BCUT2D eigenvalue weighted by Gasteiger charge is -2.58. The molecule has 0 unspecified atom stereocenters. The Kier molecular flexibility index (Phi) is 8.08. The van der Waals surface area contributed by atoms with E-state index >= 15 is 0 Å². The number of aliphatic hydroxyl groups excluding tert-OH is 1. The Morgan fingerprint density at radius 3 is 2.47 bits per heavy atom. The standard InChI is InChI=1S/C33H54N2O3/c1-21(6-15-30(37)34-24-10-7-22(8-11-24)31(38)35(4)5)27-13-14-28-26-12-9-23-20-25(36)16-18-32(23,2)29(26)17-19-33(27,28)3/h9,21-22,24-29,36H,6-8,10-20H2,1-5H3,(H,34,37)/t21-,22-,24+,25+,26+,27-,28+,29+,32+,33-/m1/s1. The van der Waals surface area contributed by atoms with E-state index in [1.807, 2.05) is 14.1 Å². The van der Waals surface area contributed by atoms with E-state index in [0.717, 1.165) is 75.0 Å². The zero-order valence-electron chi connectivity index (χ0n) is 24.8. The molecular formula is C33H54N2O3. The molecule has 214 valence electrons. The number of amides is 2. The Morgan fingerprint density at radius 2 is 1.76 bits per heavy atom. The van der Waals surface area contributed by atoms with Crippen molar-refractivity contribution < 1.29 is 14.7 Å². The van der Waals surface area contributed by atoms with Crippen molar-refractivity contribution in [1.82, 2.24) is 10.2 Å². The van der Waals surface area contributed by atoms with Crippen molar-refractivity contribution >= 4 is 11.8 Å². The minimum atomic E-state index is -0.129. The molecule has 5 aliphatic carbocycles. The Labute approximate surface area is 231 Å². The summed E-state index contributed by atoms with van der Waals surface area (Å²) >= 11 is 0. The minimum Gasteiger partial charge on any atom is -0.393 e. The molecule has 2 N–H and O–H groups in total. The molecule has 0 heterocycles. The third kappa shape index (κ3) is 5.10. The first kappa shape index (κ1) is 28.2. The van der Waals surface area contributed by atoms with Crippen molar-refractivity contribution in [2.24, 2.45) is 46.3 Å². The highest BCUT2D eigenvalue weighted by molar-refractivity contribution is 5.78. The topological polar surface area (TPSA) is 69.6 Å². The first-order valence-electron chi connectivity index (χ1n) is 15.9. The zero-order valence-corrected chi connectivity index (χ0v) is 24.8. The van der Waals surface area contributed by atoms with Crippen molar-refractivity contribution in [3.05, 3.63) is 11.6 Å². The summed E-state index contributed by atoms with van der Waals surface area (Å²) in [4.78, 5) is 26.8. The molecule has 2 amide bonds. The molecule has 5 heteroatoms. The summed E-state index contributed by atoms with van der Waals surface area (Å²) < 4.78 is 0. The van der Waals surface area contributed by atoms with Crippen LogP contribution in [-0.4, -0.2) is 48.1 Å². The van der Waals surface area contributed by atoms with E-state index < -0.39 is 0 Å². The second kappa shape index (κ2) is 10.9. The fraction of sp³-hybridized carbons (Fsp3) is 0.879. The number of fused-ring (bicyclic) bond motifs is 5. The first-order valence-corrected chi connectivity index (χ1v) is 15.9. The van der Waals surface area contributed by atoms with E-state index in [-0.39, 0.29) is 29.9 Å². The van der Waals surface area contributed by atoms with Crippen LogP contribution in [-0.2, 0) is 9.59 Å². The lowest BCUT2D eigenvalue weighted by Crippen LogP contribution is -2.50. The molecule has 0 saturated heterocycles. The summed E-state index contributed by atoms with van der Waals surface area (Å²) in [6.45, 7) is 7.53. The molecule has 8 atom stereocenters. The molecule has 5 rings (SSSR count). The lowest BCUT2D eigenvalue weighted by atomic mass is 9.47. The van der Waals surface area contributed by atoms with Gasteiger partial charge in [-0.25, -0.2) is 0 Å². The number of nitrogens with zero attached hydrogens (tertiary/aromatic N) is 1. The number of carbonyl (C=O) groups excluding carboxylic acids is 2. The fourth-order valence-electron chi connectivity index (χ4n) is 10.3. The summed E-state index contributed by atoms with van der Waals surface area (Å²) in [5.74, 6) is 4.27. The highest BCUT2D eigenvalue weighted by Crippen LogP contribution is 2.67. The number of allylic oxidation sites excluding steroid dienone is 1. The van der Waals surface area contributed by atoms with Crippen LogP contribution < -0.4 is 5.32 Å². The van der Waals surface area contributed by atoms with Gasteiger partial charge >= 0.3 is 0 Å².